The van der Waals surface area contributed by atoms with Crippen LogP contribution in [0.3, 0.4) is 0 Å². The zero-order chi connectivity index (χ0) is 20.3. The highest BCUT2D eigenvalue weighted by molar-refractivity contribution is 7.89. The van der Waals surface area contributed by atoms with E-state index < -0.39 is 22.0 Å². The van der Waals surface area contributed by atoms with E-state index in [-0.39, 0.29) is 23.5 Å². The highest BCUT2D eigenvalue weighted by Gasteiger charge is 2.60. The van der Waals surface area contributed by atoms with Gasteiger partial charge in [-0.2, -0.15) is 4.31 Å². The van der Waals surface area contributed by atoms with Gasteiger partial charge in [-0.05, 0) is 42.2 Å². The summed E-state index contributed by atoms with van der Waals surface area (Å²) in [5.41, 5.74) is 0.862. The molecule has 1 heterocycles. The van der Waals surface area contributed by atoms with Gasteiger partial charge < -0.3 is 9.47 Å². The normalized spacial score (nSPS) is 21.4. The van der Waals surface area contributed by atoms with Gasteiger partial charge in [-0.1, -0.05) is 44.2 Å². The Morgan fingerprint density at radius 2 is 1.71 bits per heavy atom. The molecule has 3 unspecified atom stereocenters. The van der Waals surface area contributed by atoms with Crippen LogP contribution in [-0.4, -0.2) is 37.9 Å². The number of rotatable bonds is 8. The van der Waals surface area contributed by atoms with E-state index in [4.69, 9.17) is 9.47 Å². The molecule has 0 aromatic heterocycles. The van der Waals surface area contributed by atoms with E-state index in [1.165, 1.54) is 23.5 Å². The van der Waals surface area contributed by atoms with Crippen molar-refractivity contribution in [3.8, 4) is 5.75 Å². The molecule has 0 N–H and O–H groups in total. The Morgan fingerprint density at radius 3 is 2.29 bits per heavy atom. The Labute approximate surface area is 166 Å². The summed E-state index contributed by atoms with van der Waals surface area (Å²) in [5, 5.41) is 0. The first-order chi connectivity index (χ1) is 13.3. The molecule has 0 spiro atoms. The number of sulfonamides is 1. The van der Waals surface area contributed by atoms with Crippen LogP contribution in [0.1, 0.15) is 25.8 Å². The van der Waals surface area contributed by atoms with E-state index in [1.54, 1.807) is 12.1 Å². The molecule has 1 aliphatic heterocycles. The van der Waals surface area contributed by atoms with Crippen molar-refractivity contribution in [3.63, 3.8) is 0 Å². The van der Waals surface area contributed by atoms with Gasteiger partial charge in [0.25, 0.3) is 0 Å². The fraction of sp³-hybridized carbons (Fsp3) is 0.381. The minimum absolute atomic E-state index is 0.126. The second kappa shape index (κ2) is 8.32. The zero-order valence-electron chi connectivity index (χ0n) is 16.2. The Bertz CT molecular complexity index is 910. The van der Waals surface area contributed by atoms with Crippen LogP contribution >= 0.6 is 0 Å². The Hall–Kier alpha value is -2.38. The molecule has 0 aliphatic carbocycles. The lowest BCUT2D eigenvalue weighted by Crippen LogP contribution is -2.21. The monoisotopic (exact) mass is 403 g/mol. The van der Waals surface area contributed by atoms with Gasteiger partial charge in [0.15, 0.2) is 0 Å². The van der Waals surface area contributed by atoms with Gasteiger partial charge in [0.05, 0.1) is 18.0 Å². The number of carbonyl (C=O) groups is 1. The number of ether oxygens (including phenoxy) is 2. The lowest BCUT2D eigenvalue weighted by Gasteiger charge is -2.08. The molecule has 28 heavy (non-hydrogen) atoms. The van der Waals surface area contributed by atoms with Crippen molar-refractivity contribution in [1.82, 2.24) is 4.31 Å². The predicted molar refractivity (Wildman–Crippen MR) is 105 cm³/mol. The molecule has 3 atom stereocenters. The van der Waals surface area contributed by atoms with Crippen LogP contribution in [0.5, 0.6) is 5.75 Å². The first kappa shape index (κ1) is 20.4. The van der Waals surface area contributed by atoms with Crippen LogP contribution in [0.2, 0.25) is 0 Å². The predicted octanol–water partition coefficient (Wildman–Crippen LogP) is 3.23. The molecule has 6 nitrogen and oxygen atoms in total. The Morgan fingerprint density at radius 1 is 1.07 bits per heavy atom. The molecular formula is C21H25NO5S. The van der Waals surface area contributed by atoms with Gasteiger partial charge in [-0.15, -0.1) is 0 Å². The summed E-state index contributed by atoms with van der Waals surface area (Å²) in [6.07, 6.45) is 0.598. The molecule has 3 rings (SSSR count). The first-order valence-electron chi connectivity index (χ1n) is 9.22. The maximum Gasteiger partial charge on any atom is 0.326 e. The molecule has 2 aromatic carbocycles. The number of hydrogen-bond acceptors (Lipinski definition) is 5. The third-order valence-electron chi connectivity index (χ3n) is 4.69. The van der Waals surface area contributed by atoms with Crippen LogP contribution in [0.25, 0.3) is 0 Å². The number of nitrogens with zero attached hydrogens (tertiary/aromatic N) is 1. The molecule has 0 radical (unpaired) electrons. The largest absolute Gasteiger partial charge is 0.497 e. The Kier molecular flexibility index (Phi) is 6.05. The summed E-state index contributed by atoms with van der Waals surface area (Å²) >= 11 is 0. The summed E-state index contributed by atoms with van der Waals surface area (Å²) in [5.74, 6) is 0.319. The van der Waals surface area contributed by atoms with Crippen LogP contribution in [0.4, 0.5) is 0 Å². The lowest BCUT2D eigenvalue weighted by molar-refractivity contribution is -0.144. The molecule has 2 aromatic rings. The van der Waals surface area contributed by atoms with E-state index in [2.05, 4.69) is 0 Å². The molecule has 150 valence electrons. The third kappa shape index (κ3) is 4.36. The van der Waals surface area contributed by atoms with Crippen molar-refractivity contribution >= 4 is 16.0 Å². The Balaban J connectivity index is 1.76. The van der Waals surface area contributed by atoms with Crippen molar-refractivity contribution in [3.05, 3.63) is 60.2 Å². The van der Waals surface area contributed by atoms with Gasteiger partial charge >= 0.3 is 5.97 Å². The van der Waals surface area contributed by atoms with Gasteiger partial charge in [-0.3, -0.25) is 4.79 Å². The molecule has 7 heteroatoms. The number of hydrogen-bond donors (Lipinski definition) is 0. The first-order valence-corrected chi connectivity index (χ1v) is 10.7. The van der Waals surface area contributed by atoms with Crippen molar-refractivity contribution < 1.29 is 22.7 Å². The van der Waals surface area contributed by atoms with Crippen molar-refractivity contribution in [2.24, 2.45) is 5.92 Å². The molecule has 0 amide bonds. The highest BCUT2D eigenvalue weighted by atomic mass is 32.2. The van der Waals surface area contributed by atoms with Crippen LogP contribution in [-0.2, 0) is 26.2 Å². The fourth-order valence-corrected chi connectivity index (χ4v) is 5.00. The smallest absolute Gasteiger partial charge is 0.326 e. The minimum Gasteiger partial charge on any atom is -0.497 e. The summed E-state index contributed by atoms with van der Waals surface area (Å²) < 4.78 is 37.8. The van der Waals surface area contributed by atoms with Gasteiger partial charge in [0, 0.05) is 0 Å². The SMILES string of the molecule is COc1ccc(S(=O)(=O)N2C(CC(C)C)C2C(=O)OCc2ccccc2)cc1. The molecule has 0 bridgehead atoms. The highest BCUT2D eigenvalue weighted by Crippen LogP contribution is 2.40. The van der Waals surface area contributed by atoms with E-state index >= 15 is 0 Å². The van der Waals surface area contributed by atoms with E-state index in [0.29, 0.717) is 12.2 Å². The molecule has 1 aliphatic rings. The van der Waals surface area contributed by atoms with E-state index in [9.17, 15) is 13.2 Å². The summed E-state index contributed by atoms with van der Waals surface area (Å²) in [6.45, 7) is 4.13. The molecular weight excluding hydrogens is 378 g/mol. The van der Waals surface area contributed by atoms with Crippen LogP contribution < -0.4 is 4.74 Å². The third-order valence-corrected chi connectivity index (χ3v) is 6.61. The topological polar surface area (TPSA) is 72.7 Å². The van der Waals surface area contributed by atoms with Crippen LogP contribution in [0, 0.1) is 5.92 Å². The molecule has 1 saturated heterocycles. The van der Waals surface area contributed by atoms with E-state index in [0.717, 1.165) is 5.56 Å². The van der Waals surface area contributed by atoms with Gasteiger partial charge in [0.2, 0.25) is 10.0 Å². The maximum atomic E-state index is 13.1. The second-order valence-electron chi connectivity index (χ2n) is 7.25. The summed E-state index contributed by atoms with van der Waals surface area (Å²) in [6, 6.07) is 14.3. The summed E-state index contributed by atoms with van der Waals surface area (Å²) in [7, 11) is -2.27. The maximum absolute atomic E-state index is 13.1. The number of methoxy groups -OCH3 is 1. The minimum atomic E-state index is -3.79. The van der Waals surface area contributed by atoms with Crippen molar-refractivity contribution in [2.45, 2.75) is 43.9 Å². The van der Waals surface area contributed by atoms with Crippen molar-refractivity contribution in [2.75, 3.05) is 7.11 Å². The standard InChI is InChI=1S/C21H25NO5S/c1-15(2)13-19-20(21(23)27-14-16-7-5-4-6-8-16)22(19)28(24,25)18-11-9-17(26-3)10-12-18/h4-12,15,19-20H,13-14H2,1-3H3. The number of carbonyl (C=O) groups excluding carboxylic acids is 1. The van der Waals surface area contributed by atoms with Gasteiger partial charge in [0.1, 0.15) is 18.4 Å². The second-order valence-corrected chi connectivity index (χ2v) is 9.09. The lowest BCUT2D eigenvalue weighted by atomic mass is 10.1. The quantitative estimate of drug-likeness (QED) is 0.500. The number of esters is 1. The molecule has 1 fully saturated rings. The molecule has 0 saturated carbocycles. The average Bonchev–Trinajstić information content (AvgIpc) is 3.41. The van der Waals surface area contributed by atoms with Gasteiger partial charge in [-0.25, -0.2) is 8.42 Å². The fourth-order valence-electron chi connectivity index (χ4n) is 3.25. The van der Waals surface area contributed by atoms with Crippen molar-refractivity contribution in [1.29, 1.82) is 0 Å². The number of benzene rings is 2. The zero-order valence-corrected chi connectivity index (χ0v) is 17.1. The average molecular weight is 404 g/mol. The summed E-state index contributed by atoms with van der Waals surface area (Å²) in [4.78, 5) is 12.8. The van der Waals surface area contributed by atoms with Crippen LogP contribution in [0.15, 0.2) is 59.5 Å². The van der Waals surface area contributed by atoms with E-state index in [1.807, 2.05) is 44.2 Å².